The molecule has 0 radical (unpaired) electrons. The van der Waals surface area contributed by atoms with E-state index in [1.54, 1.807) is 19.2 Å². The Balaban J connectivity index is 2.23. The minimum absolute atomic E-state index is 0.0224. The first-order chi connectivity index (χ1) is 11.5. The lowest BCUT2D eigenvalue weighted by Crippen LogP contribution is -2.27. The van der Waals surface area contributed by atoms with Crippen molar-refractivity contribution in [2.24, 2.45) is 0 Å². The molecule has 0 saturated heterocycles. The highest BCUT2D eigenvalue weighted by Gasteiger charge is 2.14. The van der Waals surface area contributed by atoms with Crippen LogP contribution < -0.4 is 10.1 Å². The average Bonchev–Trinajstić information content (AvgIpc) is 2.60. The Kier molecular flexibility index (Phi) is 6.16. The number of methoxy groups -OCH3 is 1. The molecule has 1 atom stereocenters. The third-order valence-electron chi connectivity index (χ3n) is 3.50. The zero-order valence-corrected chi connectivity index (χ0v) is 15.0. The Morgan fingerprint density at radius 1 is 1.29 bits per heavy atom. The van der Waals surface area contributed by atoms with Crippen LogP contribution in [0.2, 0.25) is 0 Å². The number of benzene rings is 2. The van der Waals surface area contributed by atoms with Gasteiger partial charge in [0.2, 0.25) is 0 Å². The van der Waals surface area contributed by atoms with Crippen LogP contribution in [0.3, 0.4) is 0 Å². The van der Waals surface area contributed by atoms with Gasteiger partial charge in [-0.05, 0) is 36.8 Å². The standard InChI is InChI=1S/C19H17BrN2O2/c1-13(14-6-4-3-5-7-14)22-19(23)16(12-21)10-15-11-17(20)8-9-18(15)24-2/h3-11,13H,1-2H3,(H,22,23)/b16-10+. The second kappa shape index (κ2) is 8.32. The maximum Gasteiger partial charge on any atom is 0.262 e. The SMILES string of the molecule is COc1ccc(Br)cc1/C=C(\C#N)C(=O)NC(C)c1ccccc1. The fraction of sp³-hybridized carbons (Fsp3) is 0.158. The minimum atomic E-state index is -0.420. The number of carbonyl (C=O) groups excluding carboxylic acids is 1. The molecule has 0 bridgehead atoms. The summed E-state index contributed by atoms with van der Waals surface area (Å²) in [5.74, 6) is 0.172. The normalized spacial score (nSPS) is 12.2. The second-order valence-electron chi connectivity index (χ2n) is 5.16. The van der Waals surface area contributed by atoms with Gasteiger partial charge in [-0.25, -0.2) is 0 Å². The van der Waals surface area contributed by atoms with E-state index in [1.807, 2.05) is 49.4 Å². The van der Waals surface area contributed by atoms with Crippen molar-refractivity contribution in [1.29, 1.82) is 5.26 Å². The molecule has 0 aliphatic rings. The maximum absolute atomic E-state index is 12.4. The predicted molar refractivity (Wildman–Crippen MR) is 97.3 cm³/mol. The molecule has 5 heteroatoms. The van der Waals surface area contributed by atoms with Gasteiger partial charge in [0.25, 0.3) is 5.91 Å². The van der Waals surface area contributed by atoms with Gasteiger partial charge in [-0.1, -0.05) is 46.3 Å². The molecule has 122 valence electrons. The summed E-state index contributed by atoms with van der Waals surface area (Å²) in [5.41, 5.74) is 1.66. The second-order valence-corrected chi connectivity index (χ2v) is 6.08. The van der Waals surface area contributed by atoms with Crippen molar-refractivity contribution in [2.45, 2.75) is 13.0 Å². The molecule has 0 aliphatic carbocycles. The highest BCUT2D eigenvalue weighted by molar-refractivity contribution is 9.10. The van der Waals surface area contributed by atoms with E-state index >= 15 is 0 Å². The van der Waals surface area contributed by atoms with Gasteiger partial charge in [0.1, 0.15) is 17.4 Å². The molecule has 2 aromatic carbocycles. The molecule has 0 aliphatic heterocycles. The van der Waals surface area contributed by atoms with E-state index in [2.05, 4.69) is 21.2 Å². The molecule has 24 heavy (non-hydrogen) atoms. The molecule has 1 unspecified atom stereocenters. The Bertz CT molecular complexity index is 795. The van der Waals surface area contributed by atoms with Crippen molar-refractivity contribution in [3.8, 4) is 11.8 Å². The number of carbonyl (C=O) groups is 1. The van der Waals surface area contributed by atoms with E-state index in [0.29, 0.717) is 11.3 Å². The average molecular weight is 385 g/mol. The summed E-state index contributed by atoms with van der Waals surface area (Å²) >= 11 is 3.38. The van der Waals surface area contributed by atoms with Crippen molar-refractivity contribution in [3.05, 3.63) is 69.7 Å². The lowest BCUT2D eigenvalue weighted by Gasteiger charge is -2.14. The highest BCUT2D eigenvalue weighted by atomic mass is 79.9. The first-order valence-corrected chi connectivity index (χ1v) is 8.15. The van der Waals surface area contributed by atoms with Crippen molar-refractivity contribution in [3.63, 3.8) is 0 Å². The molecular formula is C19H17BrN2O2. The Hall–Kier alpha value is -2.58. The fourth-order valence-corrected chi connectivity index (χ4v) is 2.60. The third-order valence-corrected chi connectivity index (χ3v) is 4.00. The summed E-state index contributed by atoms with van der Waals surface area (Å²) < 4.78 is 6.11. The number of ether oxygens (including phenoxy) is 1. The van der Waals surface area contributed by atoms with Crippen molar-refractivity contribution < 1.29 is 9.53 Å². The van der Waals surface area contributed by atoms with Crippen LogP contribution in [-0.4, -0.2) is 13.0 Å². The quantitative estimate of drug-likeness (QED) is 0.619. The Morgan fingerprint density at radius 3 is 2.62 bits per heavy atom. The van der Waals surface area contributed by atoms with Crippen LogP contribution in [0, 0.1) is 11.3 Å². The lowest BCUT2D eigenvalue weighted by molar-refractivity contribution is -0.117. The summed E-state index contributed by atoms with van der Waals surface area (Å²) in [6.45, 7) is 1.88. The van der Waals surface area contributed by atoms with Gasteiger partial charge in [-0.2, -0.15) is 5.26 Å². The zero-order valence-electron chi connectivity index (χ0n) is 13.4. The molecule has 0 saturated carbocycles. The summed E-state index contributed by atoms with van der Waals surface area (Å²) in [7, 11) is 1.55. The van der Waals surface area contributed by atoms with Crippen LogP contribution in [0.4, 0.5) is 0 Å². The van der Waals surface area contributed by atoms with Gasteiger partial charge < -0.3 is 10.1 Å². The topological polar surface area (TPSA) is 62.1 Å². The van der Waals surface area contributed by atoms with Crippen LogP contribution in [0.15, 0.2) is 58.6 Å². The van der Waals surface area contributed by atoms with E-state index in [-0.39, 0.29) is 11.6 Å². The summed E-state index contributed by atoms with van der Waals surface area (Å²) in [6, 6.07) is 16.8. The molecule has 0 spiro atoms. The van der Waals surface area contributed by atoms with Crippen LogP contribution in [-0.2, 0) is 4.79 Å². The molecule has 2 rings (SSSR count). The highest BCUT2D eigenvalue weighted by Crippen LogP contribution is 2.25. The van der Waals surface area contributed by atoms with Gasteiger partial charge in [0, 0.05) is 10.0 Å². The van der Waals surface area contributed by atoms with Gasteiger partial charge in [0.15, 0.2) is 0 Å². The summed E-state index contributed by atoms with van der Waals surface area (Å²) in [6.07, 6.45) is 1.52. The van der Waals surface area contributed by atoms with Crippen LogP contribution in [0.1, 0.15) is 24.1 Å². The molecule has 4 nitrogen and oxygen atoms in total. The van der Waals surface area contributed by atoms with Crippen LogP contribution in [0.25, 0.3) is 6.08 Å². The molecule has 2 aromatic rings. The molecule has 1 N–H and O–H groups in total. The first-order valence-electron chi connectivity index (χ1n) is 7.36. The number of nitrogens with zero attached hydrogens (tertiary/aromatic N) is 1. The third kappa shape index (κ3) is 4.46. The summed E-state index contributed by atoms with van der Waals surface area (Å²) in [4.78, 5) is 12.4. The molecule has 1 amide bonds. The molecular weight excluding hydrogens is 368 g/mol. The molecule has 0 fully saturated rings. The number of hydrogen-bond donors (Lipinski definition) is 1. The number of hydrogen-bond acceptors (Lipinski definition) is 3. The Morgan fingerprint density at radius 2 is 2.00 bits per heavy atom. The fourth-order valence-electron chi connectivity index (χ4n) is 2.22. The summed E-state index contributed by atoms with van der Waals surface area (Å²) in [5, 5.41) is 12.2. The van der Waals surface area contributed by atoms with Gasteiger partial charge >= 0.3 is 0 Å². The van der Waals surface area contributed by atoms with Crippen molar-refractivity contribution in [2.75, 3.05) is 7.11 Å². The molecule has 0 heterocycles. The van der Waals surface area contributed by atoms with Crippen molar-refractivity contribution >= 4 is 27.9 Å². The number of amides is 1. The van der Waals surface area contributed by atoms with Crippen LogP contribution >= 0.6 is 15.9 Å². The van der Waals surface area contributed by atoms with Gasteiger partial charge in [-0.3, -0.25) is 4.79 Å². The number of rotatable bonds is 5. The van der Waals surface area contributed by atoms with E-state index in [9.17, 15) is 10.1 Å². The van der Waals surface area contributed by atoms with Crippen LogP contribution in [0.5, 0.6) is 5.75 Å². The predicted octanol–water partition coefficient (Wildman–Crippen LogP) is 4.24. The first kappa shape index (κ1) is 17.8. The van der Waals surface area contributed by atoms with Crippen molar-refractivity contribution in [1.82, 2.24) is 5.32 Å². The number of nitrogens with one attached hydrogen (secondary N) is 1. The molecule has 0 aromatic heterocycles. The lowest BCUT2D eigenvalue weighted by atomic mass is 10.1. The Labute approximate surface area is 149 Å². The smallest absolute Gasteiger partial charge is 0.262 e. The van der Waals surface area contributed by atoms with E-state index in [1.165, 1.54) is 6.08 Å². The largest absolute Gasteiger partial charge is 0.496 e. The zero-order chi connectivity index (χ0) is 17.5. The number of halogens is 1. The maximum atomic E-state index is 12.4. The monoisotopic (exact) mass is 384 g/mol. The van der Waals surface area contributed by atoms with Gasteiger partial charge in [0.05, 0.1) is 13.2 Å². The van der Waals surface area contributed by atoms with Gasteiger partial charge in [-0.15, -0.1) is 0 Å². The minimum Gasteiger partial charge on any atom is -0.496 e. The van der Waals surface area contributed by atoms with E-state index < -0.39 is 5.91 Å². The van der Waals surface area contributed by atoms with E-state index in [0.717, 1.165) is 10.0 Å². The number of nitriles is 1. The van der Waals surface area contributed by atoms with E-state index in [4.69, 9.17) is 4.74 Å².